The summed E-state index contributed by atoms with van der Waals surface area (Å²) in [5.74, 6) is 3.53. The molecule has 1 atom stereocenters. The molecular formula is C29H27BrN2O7S. The van der Waals surface area contributed by atoms with Crippen LogP contribution in [0.4, 0.5) is 0 Å². The minimum absolute atomic E-state index is 0.0763. The fraction of sp³-hybridized carbons (Fsp3) is 0.276. The van der Waals surface area contributed by atoms with Gasteiger partial charge in [0.1, 0.15) is 12.4 Å². The Labute approximate surface area is 243 Å². The van der Waals surface area contributed by atoms with E-state index < -0.39 is 12.0 Å². The Morgan fingerprint density at radius 3 is 2.45 bits per heavy atom. The van der Waals surface area contributed by atoms with Crippen molar-refractivity contribution in [1.82, 2.24) is 4.57 Å². The number of methoxy groups -OCH3 is 3. The number of halogens is 1. The van der Waals surface area contributed by atoms with Gasteiger partial charge in [-0.3, -0.25) is 9.36 Å². The van der Waals surface area contributed by atoms with Crippen LogP contribution < -0.4 is 33.8 Å². The molecule has 0 aliphatic carbocycles. The van der Waals surface area contributed by atoms with Crippen molar-refractivity contribution in [1.29, 1.82) is 0 Å². The van der Waals surface area contributed by atoms with Gasteiger partial charge in [-0.2, -0.15) is 0 Å². The smallest absolute Gasteiger partial charge is 0.338 e. The van der Waals surface area contributed by atoms with Crippen LogP contribution in [0, 0.1) is 12.3 Å². The summed E-state index contributed by atoms with van der Waals surface area (Å²) >= 11 is 4.67. The molecule has 1 aliphatic rings. The van der Waals surface area contributed by atoms with Crippen molar-refractivity contribution in [2.75, 3.05) is 34.5 Å². The Balaban J connectivity index is 2.01. The molecule has 0 radical (unpaired) electrons. The molecule has 0 N–H and O–H groups in total. The van der Waals surface area contributed by atoms with Crippen LogP contribution >= 0.6 is 27.3 Å². The number of allylic oxidation sites excluding steroid dienone is 1. The Bertz CT molecular complexity index is 1690. The quantitative estimate of drug-likeness (QED) is 0.264. The van der Waals surface area contributed by atoms with E-state index in [0.29, 0.717) is 49.2 Å². The van der Waals surface area contributed by atoms with Crippen molar-refractivity contribution in [3.8, 4) is 35.3 Å². The number of rotatable bonds is 9. The summed E-state index contributed by atoms with van der Waals surface area (Å²) in [6.45, 7) is 3.67. The van der Waals surface area contributed by atoms with Crippen LogP contribution in [0.5, 0.6) is 23.0 Å². The number of terminal acetylenes is 1. The van der Waals surface area contributed by atoms with E-state index in [-0.39, 0.29) is 24.3 Å². The Morgan fingerprint density at radius 2 is 1.85 bits per heavy atom. The molecule has 208 valence electrons. The van der Waals surface area contributed by atoms with Crippen LogP contribution in [0.1, 0.15) is 31.0 Å². The second-order valence-electron chi connectivity index (χ2n) is 8.44. The number of aromatic nitrogens is 1. The molecule has 4 rings (SSSR count). The van der Waals surface area contributed by atoms with Gasteiger partial charge in [-0.25, -0.2) is 9.79 Å². The number of carbonyl (C=O) groups is 1. The number of esters is 1. The van der Waals surface area contributed by atoms with E-state index in [1.54, 1.807) is 38.1 Å². The molecule has 3 aromatic rings. The number of hydrogen-bond donors (Lipinski definition) is 0. The van der Waals surface area contributed by atoms with Gasteiger partial charge < -0.3 is 23.7 Å². The van der Waals surface area contributed by atoms with E-state index in [2.05, 4.69) is 26.8 Å². The van der Waals surface area contributed by atoms with Gasteiger partial charge in [-0.15, -0.1) is 6.42 Å². The lowest BCUT2D eigenvalue weighted by Crippen LogP contribution is -2.40. The highest BCUT2D eigenvalue weighted by atomic mass is 79.9. The number of carbonyl (C=O) groups excluding carboxylic acids is 1. The Hall–Kier alpha value is -4.01. The third-order valence-electron chi connectivity index (χ3n) is 6.09. The SMILES string of the molecule is C#CCOc1ccc(Br)cc1/C=c1\sc2n(c1=O)[C@H](c1cc(OC)c(OC)c(OC)c1)C(C(=O)OCC)=C(C)N=2. The van der Waals surface area contributed by atoms with Crippen molar-refractivity contribution < 1.29 is 28.5 Å². The van der Waals surface area contributed by atoms with Gasteiger partial charge >= 0.3 is 5.97 Å². The molecule has 0 amide bonds. The molecule has 1 aliphatic heterocycles. The molecule has 0 unspecified atom stereocenters. The molecule has 11 heteroatoms. The third kappa shape index (κ3) is 5.50. The van der Waals surface area contributed by atoms with Crippen molar-refractivity contribution in [3.63, 3.8) is 0 Å². The van der Waals surface area contributed by atoms with Crippen LogP contribution in [0.3, 0.4) is 0 Å². The van der Waals surface area contributed by atoms with Crippen molar-refractivity contribution in [3.05, 3.63) is 76.9 Å². The van der Waals surface area contributed by atoms with Crippen molar-refractivity contribution in [2.24, 2.45) is 4.99 Å². The highest BCUT2D eigenvalue weighted by molar-refractivity contribution is 9.10. The average molecular weight is 628 g/mol. The van der Waals surface area contributed by atoms with Gasteiger partial charge in [0.25, 0.3) is 5.56 Å². The van der Waals surface area contributed by atoms with Gasteiger partial charge in [0, 0.05) is 10.0 Å². The van der Waals surface area contributed by atoms with E-state index in [1.807, 2.05) is 12.1 Å². The minimum atomic E-state index is -0.870. The van der Waals surface area contributed by atoms with Gasteiger partial charge in [-0.05, 0) is 55.8 Å². The van der Waals surface area contributed by atoms with Crippen LogP contribution in [-0.2, 0) is 9.53 Å². The van der Waals surface area contributed by atoms with E-state index in [0.717, 1.165) is 4.47 Å². The number of hydrogen-bond acceptors (Lipinski definition) is 9. The molecule has 1 aromatic heterocycles. The first kappa shape index (κ1) is 29.0. The first-order valence-electron chi connectivity index (χ1n) is 12.1. The molecular weight excluding hydrogens is 600 g/mol. The Kier molecular flexibility index (Phi) is 9.02. The zero-order valence-electron chi connectivity index (χ0n) is 22.6. The highest BCUT2D eigenvalue weighted by Gasteiger charge is 2.34. The molecule has 0 spiro atoms. The first-order valence-corrected chi connectivity index (χ1v) is 13.7. The zero-order chi connectivity index (χ0) is 29.0. The van der Waals surface area contributed by atoms with E-state index in [4.69, 9.17) is 30.1 Å². The summed E-state index contributed by atoms with van der Waals surface area (Å²) in [7, 11) is 4.50. The van der Waals surface area contributed by atoms with E-state index >= 15 is 0 Å². The van der Waals surface area contributed by atoms with Gasteiger partial charge in [0.2, 0.25) is 5.75 Å². The van der Waals surface area contributed by atoms with E-state index in [9.17, 15) is 9.59 Å². The predicted octanol–water partition coefficient (Wildman–Crippen LogP) is 3.60. The molecule has 40 heavy (non-hydrogen) atoms. The minimum Gasteiger partial charge on any atom is -0.493 e. The van der Waals surface area contributed by atoms with Crippen LogP contribution in [0.25, 0.3) is 6.08 Å². The maximum absolute atomic E-state index is 14.0. The lowest BCUT2D eigenvalue weighted by Gasteiger charge is -2.26. The number of nitrogens with zero attached hydrogens (tertiary/aromatic N) is 2. The molecule has 2 heterocycles. The van der Waals surface area contributed by atoms with Gasteiger partial charge in [0.15, 0.2) is 16.3 Å². The molecule has 0 saturated carbocycles. The first-order chi connectivity index (χ1) is 19.3. The predicted molar refractivity (Wildman–Crippen MR) is 155 cm³/mol. The Morgan fingerprint density at radius 1 is 1.15 bits per heavy atom. The second-order valence-corrected chi connectivity index (χ2v) is 10.4. The summed E-state index contributed by atoms with van der Waals surface area (Å²) < 4.78 is 30.3. The fourth-order valence-electron chi connectivity index (χ4n) is 4.39. The van der Waals surface area contributed by atoms with Crippen molar-refractivity contribution >= 4 is 39.3 Å². The van der Waals surface area contributed by atoms with Gasteiger partial charge in [-0.1, -0.05) is 33.2 Å². The topological polar surface area (TPSA) is 97.6 Å². The van der Waals surface area contributed by atoms with Gasteiger partial charge in [0.05, 0.1) is 49.8 Å². The van der Waals surface area contributed by atoms with Crippen LogP contribution in [0.2, 0.25) is 0 Å². The summed E-state index contributed by atoms with van der Waals surface area (Å²) in [6, 6.07) is 7.97. The summed E-state index contributed by atoms with van der Waals surface area (Å²) in [4.78, 5) is 32.3. The average Bonchev–Trinajstić information content (AvgIpc) is 3.24. The second kappa shape index (κ2) is 12.4. The number of benzene rings is 2. The molecule has 0 bridgehead atoms. The van der Waals surface area contributed by atoms with Crippen LogP contribution in [-0.4, -0.2) is 45.1 Å². The van der Waals surface area contributed by atoms with Crippen LogP contribution in [0.15, 0.2) is 55.9 Å². The summed E-state index contributed by atoms with van der Waals surface area (Å²) in [5.41, 5.74) is 1.53. The fourth-order valence-corrected chi connectivity index (χ4v) is 5.81. The lowest BCUT2D eigenvalue weighted by atomic mass is 9.95. The highest BCUT2D eigenvalue weighted by Crippen LogP contribution is 2.42. The standard InChI is InChI=1S/C29H27BrN2O7S/c1-7-11-39-20-10-9-19(30)12-17(20)15-23-27(33)32-25(18-13-21(35-4)26(37-6)22(14-18)36-5)24(28(34)38-8-2)16(3)31-29(32)40-23/h1,9-10,12-15,25H,8,11H2,2-6H3/b23-15-/t25-/m1/s1. The monoisotopic (exact) mass is 626 g/mol. The largest absolute Gasteiger partial charge is 0.493 e. The maximum Gasteiger partial charge on any atom is 0.338 e. The number of thiazole rings is 1. The number of fused-ring (bicyclic) bond motifs is 1. The maximum atomic E-state index is 14.0. The lowest BCUT2D eigenvalue weighted by molar-refractivity contribution is -0.139. The molecule has 2 aromatic carbocycles. The normalized spacial score (nSPS) is 14.6. The summed E-state index contributed by atoms with van der Waals surface area (Å²) in [6.07, 6.45) is 7.09. The zero-order valence-corrected chi connectivity index (χ0v) is 25.0. The van der Waals surface area contributed by atoms with Crippen molar-refractivity contribution in [2.45, 2.75) is 19.9 Å². The summed E-state index contributed by atoms with van der Waals surface area (Å²) in [5, 5.41) is 0. The number of ether oxygens (including phenoxy) is 5. The molecule has 9 nitrogen and oxygen atoms in total. The third-order valence-corrected chi connectivity index (χ3v) is 7.57. The molecule has 0 fully saturated rings. The molecule has 0 saturated heterocycles. The van der Waals surface area contributed by atoms with E-state index in [1.165, 1.54) is 37.2 Å².